The molecule has 0 N–H and O–H groups in total. The van der Waals surface area contributed by atoms with Crippen LogP contribution in [0.1, 0.15) is 39.0 Å². The van der Waals surface area contributed by atoms with Crippen molar-refractivity contribution in [3.8, 4) is 0 Å². The number of aromatic nitrogens is 1. The maximum atomic E-state index is 12.7. The Morgan fingerprint density at radius 3 is 2.56 bits per heavy atom. The number of carbonyl (C=O) groups excluding carboxylic acids is 1. The summed E-state index contributed by atoms with van der Waals surface area (Å²) in [5, 5.41) is 0. The number of carbonyl (C=O) groups is 1. The summed E-state index contributed by atoms with van der Waals surface area (Å²) in [7, 11) is 0. The first-order valence-electron chi connectivity index (χ1n) is 9.92. The number of amides is 1. The minimum Gasteiger partial charge on any atom is -0.353 e. The molecule has 5 heteroatoms. The quantitative estimate of drug-likeness (QED) is 0.763. The number of hydrogen-bond acceptors (Lipinski definition) is 4. The molecule has 1 saturated heterocycles. The van der Waals surface area contributed by atoms with Crippen LogP contribution >= 0.6 is 0 Å². The van der Waals surface area contributed by atoms with E-state index in [1.807, 2.05) is 29.3 Å². The Bertz CT molecular complexity index is 577. The van der Waals surface area contributed by atoms with Crippen molar-refractivity contribution in [1.29, 1.82) is 0 Å². The summed E-state index contributed by atoms with van der Waals surface area (Å²) in [6.07, 6.45) is 7.93. The highest BCUT2D eigenvalue weighted by molar-refractivity contribution is 5.76. The highest BCUT2D eigenvalue weighted by atomic mass is 16.2. The molecule has 2 saturated carbocycles. The fourth-order valence-corrected chi connectivity index (χ4v) is 4.08. The summed E-state index contributed by atoms with van der Waals surface area (Å²) >= 11 is 0. The second-order valence-electron chi connectivity index (χ2n) is 7.85. The molecule has 1 aliphatic heterocycles. The molecule has 1 unspecified atom stereocenters. The Labute approximate surface area is 151 Å². The van der Waals surface area contributed by atoms with Crippen LogP contribution in [0.25, 0.3) is 0 Å². The van der Waals surface area contributed by atoms with E-state index in [9.17, 15) is 4.79 Å². The van der Waals surface area contributed by atoms with Gasteiger partial charge in [0.1, 0.15) is 5.82 Å². The molecule has 3 aliphatic rings. The number of hydrogen-bond donors (Lipinski definition) is 0. The fourth-order valence-electron chi connectivity index (χ4n) is 4.08. The van der Waals surface area contributed by atoms with Gasteiger partial charge in [0.25, 0.3) is 0 Å². The molecule has 25 heavy (non-hydrogen) atoms. The van der Waals surface area contributed by atoms with Gasteiger partial charge in [-0.3, -0.25) is 9.69 Å². The van der Waals surface area contributed by atoms with Crippen molar-refractivity contribution in [2.45, 2.75) is 51.1 Å². The standard InChI is InChI=1S/C20H30N4O/c1-16(17-5-6-17)24(18-7-8-18)11-9-20(25)23-14-12-22(13-15-23)19-4-2-3-10-21-19/h2-4,10,16-18H,5-9,11-15H2,1H3. The molecule has 3 fully saturated rings. The second kappa shape index (κ2) is 7.32. The second-order valence-corrected chi connectivity index (χ2v) is 7.85. The van der Waals surface area contributed by atoms with Gasteiger partial charge in [0.05, 0.1) is 0 Å². The van der Waals surface area contributed by atoms with Gasteiger partial charge in [0.15, 0.2) is 0 Å². The molecule has 0 spiro atoms. The average molecular weight is 342 g/mol. The van der Waals surface area contributed by atoms with Crippen molar-refractivity contribution >= 4 is 11.7 Å². The van der Waals surface area contributed by atoms with Crippen molar-refractivity contribution in [1.82, 2.24) is 14.8 Å². The zero-order valence-electron chi connectivity index (χ0n) is 15.3. The Hall–Kier alpha value is -1.62. The Morgan fingerprint density at radius 1 is 1.20 bits per heavy atom. The molecule has 1 aromatic heterocycles. The van der Waals surface area contributed by atoms with Crippen LogP contribution in [0, 0.1) is 5.92 Å². The average Bonchev–Trinajstić information content (AvgIpc) is 3.55. The Morgan fingerprint density at radius 2 is 1.96 bits per heavy atom. The molecular weight excluding hydrogens is 312 g/mol. The molecule has 136 valence electrons. The van der Waals surface area contributed by atoms with Gasteiger partial charge in [-0.1, -0.05) is 6.07 Å². The van der Waals surface area contributed by atoms with Crippen LogP contribution in [0.15, 0.2) is 24.4 Å². The first kappa shape index (κ1) is 16.8. The molecule has 0 radical (unpaired) electrons. The lowest BCUT2D eigenvalue weighted by Gasteiger charge is -2.36. The van der Waals surface area contributed by atoms with Crippen molar-refractivity contribution in [3.05, 3.63) is 24.4 Å². The van der Waals surface area contributed by atoms with Crippen molar-refractivity contribution in [2.24, 2.45) is 5.92 Å². The van der Waals surface area contributed by atoms with Gasteiger partial charge < -0.3 is 9.80 Å². The van der Waals surface area contributed by atoms with Crippen LogP contribution < -0.4 is 4.90 Å². The van der Waals surface area contributed by atoms with E-state index in [2.05, 4.69) is 21.7 Å². The summed E-state index contributed by atoms with van der Waals surface area (Å²) < 4.78 is 0. The number of anilines is 1. The van der Waals surface area contributed by atoms with Crippen LogP contribution in [0.4, 0.5) is 5.82 Å². The lowest BCUT2D eigenvalue weighted by atomic mass is 10.1. The number of rotatable bonds is 7. The zero-order chi connectivity index (χ0) is 17.2. The molecule has 1 aromatic rings. The third kappa shape index (κ3) is 4.14. The minimum absolute atomic E-state index is 0.328. The van der Waals surface area contributed by atoms with E-state index >= 15 is 0 Å². The fraction of sp³-hybridized carbons (Fsp3) is 0.700. The van der Waals surface area contributed by atoms with Gasteiger partial charge in [-0.25, -0.2) is 4.98 Å². The summed E-state index contributed by atoms with van der Waals surface area (Å²) in [4.78, 5) is 24.0. The predicted octanol–water partition coefficient (Wildman–Crippen LogP) is 2.38. The molecular formula is C20H30N4O. The van der Waals surface area contributed by atoms with Crippen molar-refractivity contribution < 1.29 is 4.79 Å². The van der Waals surface area contributed by atoms with Crippen molar-refractivity contribution in [3.63, 3.8) is 0 Å². The van der Waals surface area contributed by atoms with Gasteiger partial charge in [-0.2, -0.15) is 0 Å². The van der Waals surface area contributed by atoms with Gasteiger partial charge in [-0.15, -0.1) is 0 Å². The van der Waals surface area contributed by atoms with Crippen LogP contribution in [-0.2, 0) is 4.79 Å². The maximum absolute atomic E-state index is 12.7. The largest absolute Gasteiger partial charge is 0.353 e. The summed E-state index contributed by atoms with van der Waals surface area (Å²) in [5.41, 5.74) is 0. The van der Waals surface area contributed by atoms with Gasteiger partial charge in [0, 0.05) is 57.4 Å². The SMILES string of the molecule is CC(C1CC1)N(CCC(=O)N1CCN(c2ccccn2)CC1)C1CC1. The summed E-state index contributed by atoms with van der Waals surface area (Å²) in [6.45, 7) is 6.71. The smallest absolute Gasteiger partial charge is 0.223 e. The number of piperazine rings is 1. The topological polar surface area (TPSA) is 39.7 Å². The van der Waals surface area contributed by atoms with Crippen LogP contribution in [0.5, 0.6) is 0 Å². The minimum atomic E-state index is 0.328. The first-order valence-corrected chi connectivity index (χ1v) is 9.92. The molecule has 2 aliphatic carbocycles. The highest BCUT2D eigenvalue weighted by Crippen LogP contribution is 2.39. The van der Waals surface area contributed by atoms with Crippen molar-refractivity contribution in [2.75, 3.05) is 37.6 Å². The van der Waals surface area contributed by atoms with E-state index in [1.54, 1.807) is 0 Å². The Kier molecular flexibility index (Phi) is 4.93. The number of pyridine rings is 1. The van der Waals surface area contributed by atoms with E-state index in [4.69, 9.17) is 0 Å². The normalized spacial score (nSPS) is 22.3. The molecule has 4 rings (SSSR count). The number of nitrogens with zero attached hydrogens (tertiary/aromatic N) is 4. The third-order valence-corrected chi connectivity index (χ3v) is 6.03. The first-order chi connectivity index (χ1) is 12.2. The van der Waals surface area contributed by atoms with E-state index < -0.39 is 0 Å². The van der Waals surface area contributed by atoms with Gasteiger partial charge in [0.2, 0.25) is 5.91 Å². The Balaban J connectivity index is 1.24. The van der Waals surface area contributed by atoms with E-state index in [0.717, 1.165) is 50.5 Å². The molecule has 1 atom stereocenters. The molecule has 1 amide bonds. The maximum Gasteiger partial charge on any atom is 0.223 e. The molecule has 0 bridgehead atoms. The summed E-state index contributed by atoms with van der Waals surface area (Å²) in [6, 6.07) is 7.43. The summed E-state index contributed by atoms with van der Waals surface area (Å²) in [5.74, 6) is 2.24. The van der Waals surface area contributed by atoms with Crippen LogP contribution in [0.3, 0.4) is 0 Å². The van der Waals surface area contributed by atoms with Crippen LogP contribution in [0.2, 0.25) is 0 Å². The highest BCUT2D eigenvalue weighted by Gasteiger charge is 2.39. The molecule has 5 nitrogen and oxygen atoms in total. The lowest BCUT2D eigenvalue weighted by molar-refractivity contribution is -0.132. The van der Waals surface area contributed by atoms with E-state index in [-0.39, 0.29) is 0 Å². The third-order valence-electron chi connectivity index (χ3n) is 6.03. The predicted molar refractivity (Wildman–Crippen MR) is 99.6 cm³/mol. The van der Waals surface area contributed by atoms with Gasteiger partial charge in [-0.05, 0) is 50.7 Å². The monoisotopic (exact) mass is 342 g/mol. The molecule has 2 heterocycles. The van der Waals surface area contributed by atoms with Crippen LogP contribution in [-0.4, -0.2) is 65.5 Å². The van der Waals surface area contributed by atoms with Gasteiger partial charge >= 0.3 is 0 Å². The van der Waals surface area contributed by atoms with E-state index in [1.165, 1.54) is 25.7 Å². The lowest BCUT2D eigenvalue weighted by Crippen LogP contribution is -2.49. The molecule has 0 aromatic carbocycles. The van der Waals surface area contributed by atoms with E-state index in [0.29, 0.717) is 18.4 Å². The zero-order valence-corrected chi connectivity index (χ0v) is 15.3.